The Labute approximate surface area is 171 Å². The van der Waals surface area contributed by atoms with Gasteiger partial charge in [0, 0.05) is 11.3 Å². The highest BCUT2D eigenvalue weighted by molar-refractivity contribution is 6.11. The third kappa shape index (κ3) is 4.64. The first kappa shape index (κ1) is 20.2. The van der Waals surface area contributed by atoms with Crippen molar-refractivity contribution in [2.45, 2.75) is 33.3 Å². The van der Waals surface area contributed by atoms with Crippen LogP contribution in [0.4, 0.5) is 5.69 Å². The third-order valence-electron chi connectivity index (χ3n) is 4.59. The first-order valence-corrected chi connectivity index (χ1v) is 9.73. The summed E-state index contributed by atoms with van der Waals surface area (Å²) in [7, 11) is 0. The fourth-order valence-electron chi connectivity index (χ4n) is 3.21. The van der Waals surface area contributed by atoms with Crippen LogP contribution in [-0.2, 0) is 11.2 Å². The van der Waals surface area contributed by atoms with E-state index in [1.807, 2.05) is 87.5 Å². The van der Waals surface area contributed by atoms with Crippen molar-refractivity contribution in [2.75, 3.05) is 5.32 Å². The second-order valence-corrected chi connectivity index (χ2v) is 7.00. The molecule has 4 nitrogen and oxygen atoms in total. The highest BCUT2D eigenvalue weighted by Crippen LogP contribution is 2.31. The summed E-state index contributed by atoms with van der Waals surface area (Å²) in [4.78, 5) is 12.8. The summed E-state index contributed by atoms with van der Waals surface area (Å²) in [6.45, 7) is 5.92. The lowest BCUT2D eigenvalue weighted by Crippen LogP contribution is -2.15. The van der Waals surface area contributed by atoms with Crippen LogP contribution in [0.1, 0.15) is 31.9 Å². The SMILES string of the molecule is CCc1ccccc1NC(=O)/C(C#N)=C/c1c(OC(C)C)ccc2ccccc12. The molecule has 3 aromatic carbocycles. The van der Waals surface area contributed by atoms with Crippen molar-refractivity contribution in [2.24, 2.45) is 0 Å². The molecule has 29 heavy (non-hydrogen) atoms. The van der Waals surface area contributed by atoms with Gasteiger partial charge in [-0.25, -0.2) is 0 Å². The van der Waals surface area contributed by atoms with Gasteiger partial charge in [0.25, 0.3) is 5.91 Å². The lowest BCUT2D eigenvalue weighted by molar-refractivity contribution is -0.112. The smallest absolute Gasteiger partial charge is 0.266 e. The molecule has 0 spiro atoms. The third-order valence-corrected chi connectivity index (χ3v) is 4.59. The minimum Gasteiger partial charge on any atom is -0.490 e. The Hall–Kier alpha value is -3.58. The van der Waals surface area contributed by atoms with Gasteiger partial charge in [0.15, 0.2) is 0 Å². The van der Waals surface area contributed by atoms with E-state index in [4.69, 9.17) is 4.74 Å². The summed E-state index contributed by atoms with van der Waals surface area (Å²) in [5, 5.41) is 14.5. The van der Waals surface area contributed by atoms with E-state index < -0.39 is 5.91 Å². The Bertz CT molecular complexity index is 1110. The van der Waals surface area contributed by atoms with Crippen molar-refractivity contribution >= 4 is 28.4 Å². The summed E-state index contributed by atoms with van der Waals surface area (Å²) >= 11 is 0. The summed E-state index contributed by atoms with van der Waals surface area (Å²) < 4.78 is 5.95. The maximum atomic E-state index is 12.8. The van der Waals surface area contributed by atoms with Crippen molar-refractivity contribution in [3.8, 4) is 11.8 Å². The Morgan fingerprint density at radius 3 is 2.55 bits per heavy atom. The second kappa shape index (κ2) is 9.07. The van der Waals surface area contributed by atoms with Gasteiger partial charge >= 0.3 is 0 Å². The zero-order valence-electron chi connectivity index (χ0n) is 16.9. The zero-order valence-corrected chi connectivity index (χ0v) is 16.9. The number of nitriles is 1. The predicted octanol–water partition coefficient (Wildman–Crippen LogP) is 5.74. The van der Waals surface area contributed by atoms with E-state index in [0.29, 0.717) is 5.75 Å². The molecular formula is C25H24N2O2. The van der Waals surface area contributed by atoms with Crippen LogP contribution in [-0.4, -0.2) is 12.0 Å². The average molecular weight is 384 g/mol. The lowest BCUT2D eigenvalue weighted by Gasteiger charge is -2.15. The minimum absolute atomic E-state index is 0.0286. The Morgan fingerprint density at radius 1 is 1.10 bits per heavy atom. The van der Waals surface area contributed by atoms with Crippen LogP contribution in [0.15, 0.2) is 66.2 Å². The van der Waals surface area contributed by atoms with Gasteiger partial charge in [-0.3, -0.25) is 4.79 Å². The van der Waals surface area contributed by atoms with E-state index in [9.17, 15) is 10.1 Å². The van der Waals surface area contributed by atoms with E-state index >= 15 is 0 Å². The van der Waals surface area contributed by atoms with Gasteiger partial charge in [-0.05, 0) is 54.8 Å². The second-order valence-electron chi connectivity index (χ2n) is 7.00. The Kier molecular flexibility index (Phi) is 6.31. The van der Waals surface area contributed by atoms with Gasteiger partial charge in [0.05, 0.1) is 6.10 Å². The number of carbonyl (C=O) groups excluding carboxylic acids is 1. The number of hydrogen-bond donors (Lipinski definition) is 1. The molecule has 1 N–H and O–H groups in total. The van der Waals surface area contributed by atoms with Crippen molar-refractivity contribution < 1.29 is 9.53 Å². The minimum atomic E-state index is -0.433. The van der Waals surface area contributed by atoms with Crippen molar-refractivity contribution in [3.05, 3.63) is 77.4 Å². The van der Waals surface area contributed by atoms with Crippen LogP contribution >= 0.6 is 0 Å². The molecule has 0 aliphatic rings. The number of para-hydroxylation sites is 1. The number of anilines is 1. The summed E-state index contributed by atoms with van der Waals surface area (Å²) in [6.07, 6.45) is 2.38. The molecule has 0 radical (unpaired) electrons. The van der Waals surface area contributed by atoms with Crippen molar-refractivity contribution in [1.29, 1.82) is 5.26 Å². The standard InChI is InChI=1S/C25H24N2O2/c1-4-18-9-6-8-12-23(18)27-25(28)20(16-26)15-22-21-11-7-5-10-19(21)13-14-24(22)29-17(2)3/h5-15,17H,4H2,1-3H3,(H,27,28)/b20-15+. The number of amides is 1. The summed E-state index contributed by atoms with van der Waals surface area (Å²) in [5.41, 5.74) is 2.50. The molecule has 4 heteroatoms. The summed E-state index contributed by atoms with van der Waals surface area (Å²) in [5.74, 6) is 0.213. The molecule has 0 aliphatic heterocycles. The molecule has 0 heterocycles. The molecule has 3 rings (SSSR count). The molecule has 146 valence electrons. The molecule has 0 atom stereocenters. The van der Waals surface area contributed by atoms with E-state index in [-0.39, 0.29) is 11.7 Å². The number of ether oxygens (including phenoxy) is 1. The number of carbonyl (C=O) groups is 1. The topological polar surface area (TPSA) is 62.1 Å². The number of nitrogens with zero attached hydrogens (tertiary/aromatic N) is 1. The van der Waals surface area contributed by atoms with E-state index in [0.717, 1.165) is 34.0 Å². The molecule has 0 unspecified atom stereocenters. The van der Waals surface area contributed by atoms with Crippen LogP contribution in [0.2, 0.25) is 0 Å². The Morgan fingerprint density at radius 2 is 1.83 bits per heavy atom. The molecule has 0 saturated carbocycles. The monoisotopic (exact) mass is 384 g/mol. The largest absolute Gasteiger partial charge is 0.490 e. The molecular weight excluding hydrogens is 360 g/mol. The molecule has 0 aromatic heterocycles. The van der Waals surface area contributed by atoms with E-state index in [1.54, 1.807) is 6.08 Å². The van der Waals surface area contributed by atoms with Crippen LogP contribution in [0.3, 0.4) is 0 Å². The van der Waals surface area contributed by atoms with Gasteiger partial charge < -0.3 is 10.1 Å². The molecule has 0 saturated heterocycles. The van der Waals surface area contributed by atoms with Gasteiger partial charge in [-0.2, -0.15) is 5.26 Å². The van der Waals surface area contributed by atoms with Gasteiger partial charge in [0.1, 0.15) is 17.4 Å². The average Bonchev–Trinajstić information content (AvgIpc) is 2.72. The van der Waals surface area contributed by atoms with E-state index in [2.05, 4.69) is 5.32 Å². The lowest BCUT2D eigenvalue weighted by atomic mass is 10.0. The predicted molar refractivity (Wildman–Crippen MR) is 118 cm³/mol. The quantitative estimate of drug-likeness (QED) is 0.436. The number of benzene rings is 3. The molecule has 0 aliphatic carbocycles. The first-order chi connectivity index (χ1) is 14.0. The maximum Gasteiger partial charge on any atom is 0.266 e. The normalized spacial score (nSPS) is 11.3. The Balaban J connectivity index is 2.05. The van der Waals surface area contributed by atoms with Gasteiger partial charge in [-0.15, -0.1) is 0 Å². The maximum absolute atomic E-state index is 12.8. The van der Waals surface area contributed by atoms with Gasteiger partial charge in [-0.1, -0.05) is 55.5 Å². The fourth-order valence-corrected chi connectivity index (χ4v) is 3.21. The molecule has 3 aromatic rings. The number of hydrogen-bond acceptors (Lipinski definition) is 3. The number of fused-ring (bicyclic) bond motifs is 1. The van der Waals surface area contributed by atoms with Crippen LogP contribution < -0.4 is 10.1 Å². The number of rotatable bonds is 6. The molecule has 0 bridgehead atoms. The van der Waals surface area contributed by atoms with Crippen molar-refractivity contribution in [1.82, 2.24) is 0 Å². The molecule has 1 amide bonds. The number of aryl methyl sites for hydroxylation is 1. The van der Waals surface area contributed by atoms with Gasteiger partial charge in [0.2, 0.25) is 0 Å². The highest BCUT2D eigenvalue weighted by atomic mass is 16.5. The van der Waals surface area contributed by atoms with Crippen LogP contribution in [0, 0.1) is 11.3 Å². The van der Waals surface area contributed by atoms with E-state index in [1.165, 1.54) is 0 Å². The fraction of sp³-hybridized carbons (Fsp3) is 0.200. The molecule has 0 fully saturated rings. The first-order valence-electron chi connectivity index (χ1n) is 9.73. The number of nitrogens with one attached hydrogen (secondary N) is 1. The summed E-state index contributed by atoms with van der Waals surface area (Å²) in [6, 6.07) is 21.4. The zero-order chi connectivity index (χ0) is 20.8. The highest BCUT2D eigenvalue weighted by Gasteiger charge is 2.15. The van der Waals surface area contributed by atoms with Crippen LogP contribution in [0.25, 0.3) is 16.8 Å². The van der Waals surface area contributed by atoms with Crippen molar-refractivity contribution in [3.63, 3.8) is 0 Å². The van der Waals surface area contributed by atoms with Crippen LogP contribution in [0.5, 0.6) is 5.75 Å².